The van der Waals surface area contributed by atoms with Crippen LogP contribution in [0.2, 0.25) is 0 Å². The number of rotatable bonds is 2. The van der Waals surface area contributed by atoms with Crippen LogP contribution in [0.25, 0.3) is 0 Å². The van der Waals surface area contributed by atoms with Crippen molar-refractivity contribution in [2.75, 3.05) is 0 Å². The van der Waals surface area contributed by atoms with Crippen molar-refractivity contribution >= 4 is 28.6 Å². The summed E-state index contributed by atoms with van der Waals surface area (Å²) in [6.07, 6.45) is 11.0. The molecular weight excluding hydrogens is 467 g/mol. The molecule has 0 bridgehead atoms. The van der Waals surface area contributed by atoms with Crippen LogP contribution in [0.15, 0.2) is 95.1 Å². The average Bonchev–Trinajstić information content (AvgIpc) is 3.20. The third kappa shape index (κ3) is 10.0. The molecule has 0 heterocycles. The first-order valence-electron chi connectivity index (χ1n) is 10.5. The Hall–Kier alpha value is -1.44. The van der Waals surface area contributed by atoms with E-state index in [0.717, 1.165) is 0 Å². The van der Waals surface area contributed by atoms with Gasteiger partial charge >= 0.3 is 95.6 Å². The summed E-state index contributed by atoms with van der Waals surface area (Å²) < 4.78 is 1.33. The zero-order valence-electron chi connectivity index (χ0n) is 19.9. The van der Waals surface area contributed by atoms with Crippen LogP contribution in [-0.4, -0.2) is 3.81 Å². The van der Waals surface area contributed by atoms with E-state index in [9.17, 15) is 0 Å². The predicted octanol–water partition coefficient (Wildman–Crippen LogP) is 8.31. The van der Waals surface area contributed by atoms with E-state index in [0.29, 0.717) is 11.8 Å². The second kappa shape index (κ2) is 15.4. The summed E-state index contributed by atoms with van der Waals surface area (Å²) in [6, 6.07) is 20.9. The van der Waals surface area contributed by atoms with Crippen LogP contribution in [0.3, 0.4) is 0 Å². The number of benzene rings is 2. The normalized spacial score (nSPS) is 18.1. The SMILES string of the molecule is CC1=[C-]C(C)C=C1C.CC1=[C-]C(C)C=C1C.Cl.Cl.[Ti+2]=[C](c1ccccc1)c1ccccc1. The van der Waals surface area contributed by atoms with Gasteiger partial charge in [-0.3, -0.25) is 12.2 Å². The molecular formula is C29H34Cl2Ti. The minimum atomic E-state index is 0. The van der Waals surface area contributed by atoms with Crippen molar-refractivity contribution in [3.05, 3.63) is 118 Å². The van der Waals surface area contributed by atoms with Gasteiger partial charge in [0, 0.05) is 0 Å². The monoisotopic (exact) mass is 500 g/mol. The third-order valence-corrected chi connectivity index (χ3v) is 6.10. The van der Waals surface area contributed by atoms with Gasteiger partial charge in [0.2, 0.25) is 0 Å². The maximum atomic E-state index is 3.29. The van der Waals surface area contributed by atoms with E-state index in [1.807, 2.05) is 12.1 Å². The van der Waals surface area contributed by atoms with Gasteiger partial charge in [-0.15, -0.1) is 38.7 Å². The minimum absolute atomic E-state index is 0. The molecule has 2 aromatic rings. The van der Waals surface area contributed by atoms with Crippen molar-refractivity contribution in [3.8, 4) is 0 Å². The van der Waals surface area contributed by atoms with Gasteiger partial charge in [-0.25, -0.2) is 22.3 Å². The van der Waals surface area contributed by atoms with Crippen LogP contribution in [0.1, 0.15) is 52.7 Å². The van der Waals surface area contributed by atoms with Gasteiger partial charge < -0.3 is 0 Å². The van der Waals surface area contributed by atoms with E-state index in [2.05, 4.69) is 134 Å². The second-order valence-electron chi connectivity index (χ2n) is 7.92. The van der Waals surface area contributed by atoms with Crippen molar-refractivity contribution < 1.29 is 20.0 Å². The van der Waals surface area contributed by atoms with Gasteiger partial charge in [0.05, 0.1) is 0 Å². The molecule has 2 aliphatic rings. The molecule has 0 radical (unpaired) electrons. The number of hydrogen-bond donors (Lipinski definition) is 0. The fourth-order valence-electron chi connectivity index (χ4n) is 3.37. The van der Waals surface area contributed by atoms with Crippen LogP contribution in [0.4, 0.5) is 0 Å². The van der Waals surface area contributed by atoms with E-state index in [1.165, 1.54) is 37.2 Å². The molecule has 0 aromatic heterocycles. The Balaban J connectivity index is 0.000000465. The Bertz CT molecular complexity index is 851. The number of halogens is 2. The van der Waals surface area contributed by atoms with E-state index >= 15 is 0 Å². The van der Waals surface area contributed by atoms with Crippen molar-refractivity contribution in [1.82, 2.24) is 0 Å². The molecule has 168 valence electrons. The molecule has 32 heavy (non-hydrogen) atoms. The first-order valence-corrected chi connectivity index (χ1v) is 11.3. The van der Waals surface area contributed by atoms with Crippen LogP contribution < -0.4 is 0 Å². The Morgan fingerprint density at radius 2 is 0.938 bits per heavy atom. The Kier molecular flexibility index (Phi) is 14.7. The quantitative estimate of drug-likeness (QED) is 0.287. The zero-order valence-corrected chi connectivity index (χ0v) is 23.1. The van der Waals surface area contributed by atoms with Gasteiger partial charge in [0.15, 0.2) is 0 Å². The topological polar surface area (TPSA) is 0 Å². The van der Waals surface area contributed by atoms with Gasteiger partial charge in [-0.2, -0.15) is 12.2 Å². The molecule has 3 heteroatoms. The molecule has 0 spiro atoms. The Labute approximate surface area is 219 Å². The number of hydrogen-bond acceptors (Lipinski definition) is 0. The third-order valence-electron chi connectivity index (χ3n) is 5.20. The molecule has 2 unspecified atom stereocenters. The molecule has 0 aliphatic heterocycles. The fraction of sp³-hybridized carbons (Fsp3) is 0.276. The molecule has 0 N–H and O–H groups in total. The summed E-state index contributed by atoms with van der Waals surface area (Å²) in [5.41, 5.74) is 7.99. The van der Waals surface area contributed by atoms with Crippen LogP contribution in [0, 0.1) is 24.0 Å². The van der Waals surface area contributed by atoms with Gasteiger partial charge in [0.25, 0.3) is 0 Å². The summed E-state index contributed by atoms with van der Waals surface area (Å²) in [4.78, 5) is 0. The molecule has 2 aromatic carbocycles. The molecule has 2 aliphatic carbocycles. The summed E-state index contributed by atoms with van der Waals surface area (Å²) in [5, 5.41) is 0. The maximum absolute atomic E-state index is 3.29. The molecule has 0 amide bonds. The van der Waals surface area contributed by atoms with Crippen molar-refractivity contribution in [2.24, 2.45) is 11.8 Å². The molecule has 4 rings (SSSR count). The first kappa shape index (κ1) is 30.6. The summed E-state index contributed by atoms with van der Waals surface area (Å²) in [7, 11) is 0. The van der Waals surface area contributed by atoms with Gasteiger partial charge in [-0.1, -0.05) is 39.5 Å². The summed E-state index contributed by atoms with van der Waals surface area (Å²) >= 11 is 2.16. The number of allylic oxidation sites excluding steroid dienone is 8. The molecule has 2 atom stereocenters. The van der Waals surface area contributed by atoms with Crippen LogP contribution in [-0.2, 0) is 20.0 Å². The average molecular weight is 501 g/mol. The van der Waals surface area contributed by atoms with Gasteiger partial charge in [-0.05, 0) is 0 Å². The molecule has 0 saturated heterocycles. The van der Waals surface area contributed by atoms with Crippen molar-refractivity contribution in [3.63, 3.8) is 0 Å². The van der Waals surface area contributed by atoms with E-state index in [4.69, 9.17) is 0 Å². The molecule has 0 nitrogen and oxygen atoms in total. The fourth-order valence-corrected chi connectivity index (χ4v) is 3.89. The molecule has 0 fully saturated rings. The first-order chi connectivity index (χ1) is 14.3. The van der Waals surface area contributed by atoms with Crippen LogP contribution >= 0.6 is 24.8 Å². The summed E-state index contributed by atoms with van der Waals surface area (Å²) in [5.74, 6) is 1.10. The summed E-state index contributed by atoms with van der Waals surface area (Å²) in [6.45, 7) is 12.8. The van der Waals surface area contributed by atoms with Crippen LogP contribution in [0.5, 0.6) is 0 Å². The van der Waals surface area contributed by atoms with Gasteiger partial charge in [0.1, 0.15) is 0 Å². The zero-order chi connectivity index (χ0) is 22.1. The second-order valence-corrected chi connectivity index (χ2v) is 8.70. The van der Waals surface area contributed by atoms with E-state index < -0.39 is 0 Å². The molecule has 0 saturated carbocycles. The Morgan fingerprint density at radius 3 is 1.12 bits per heavy atom. The van der Waals surface area contributed by atoms with E-state index in [1.54, 1.807) is 0 Å². The predicted molar refractivity (Wildman–Crippen MR) is 141 cm³/mol. The van der Waals surface area contributed by atoms with Crippen molar-refractivity contribution in [1.29, 1.82) is 0 Å². The standard InChI is InChI=1S/C13H10.2C8H11.2ClH.Ti/c1-3-7-12(8-4-1)11-13-9-5-2-6-10-13;2*1-6-4-7(2)8(3)5-6;;;/h1-10H;2*4,6H,1-3H3;2*1H;/q;2*-1;;;+2. The Morgan fingerprint density at radius 1 is 0.625 bits per heavy atom. The van der Waals surface area contributed by atoms with E-state index in [-0.39, 0.29) is 24.8 Å². The van der Waals surface area contributed by atoms with Crippen molar-refractivity contribution in [2.45, 2.75) is 41.5 Å².